The number of ether oxygens (including phenoxy) is 1. The van der Waals surface area contributed by atoms with E-state index in [1.807, 2.05) is 19.1 Å². The normalized spacial score (nSPS) is 16.1. The van der Waals surface area contributed by atoms with Crippen LogP contribution in [0.1, 0.15) is 35.7 Å². The summed E-state index contributed by atoms with van der Waals surface area (Å²) in [6.45, 7) is 4.94. The Hall–Kier alpha value is -1.15. The van der Waals surface area contributed by atoms with Gasteiger partial charge in [0.05, 0.1) is 18.1 Å². The Morgan fingerprint density at radius 2 is 2.13 bits per heavy atom. The summed E-state index contributed by atoms with van der Waals surface area (Å²) in [5, 5.41) is 0. The second-order valence-corrected chi connectivity index (χ2v) is 6.08. The molecule has 23 heavy (non-hydrogen) atoms. The average molecular weight is 431 g/mol. The van der Waals surface area contributed by atoms with Crippen LogP contribution in [-0.2, 0) is 16.0 Å². The molecule has 1 fully saturated rings. The molecule has 0 radical (unpaired) electrons. The molecule has 0 aromatic heterocycles. The first-order chi connectivity index (χ1) is 11.2. The summed E-state index contributed by atoms with van der Waals surface area (Å²) in [4.78, 5) is 25.4. The zero-order chi connectivity index (χ0) is 16.7. The molecule has 1 aromatic carbocycles. The fourth-order valence-electron chi connectivity index (χ4n) is 2.94. The van der Waals surface area contributed by atoms with Gasteiger partial charge in [-0.15, -0.1) is 0 Å². The molecule has 0 amide bonds. The SMILES string of the molecule is CCOC(=O)C1CCN(CCc2cccc(OI)c2C=O)CC1. The fourth-order valence-corrected chi connectivity index (χ4v) is 3.32. The van der Waals surface area contributed by atoms with Crippen molar-refractivity contribution in [2.75, 3.05) is 26.2 Å². The number of likely N-dealkylation sites (tertiary alicyclic amines) is 1. The highest BCUT2D eigenvalue weighted by atomic mass is 127. The molecule has 1 aromatic rings. The molecule has 1 heterocycles. The zero-order valence-corrected chi connectivity index (χ0v) is 15.5. The van der Waals surface area contributed by atoms with Crippen LogP contribution in [0.5, 0.6) is 5.75 Å². The van der Waals surface area contributed by atoms with Crippen molar-refractivity contribution in [3.05, 3.63) is 29.3 Å². The van der Waals surface area contributed by atoms with E-state index < -0.39 is 0 Å². The van der Waals surface area contributed by atoms with Gasteiger partial charge >= 0.3 is 5.97 Å². The van der Waals surface area contributed by atoms with E-state index in [0.717, 1.165) is 50.7 Å². The van der Waals surface area contributed by atoms with Crippen LogP contribution >= 0.6 is 23.0 Å². The topological polar surface area (TPSA) is 55.8 Å². The summed E-state index contributed by atoms with van der Waals surface area (Å²) < 4.78 is 10.3. The fraction of sp³-hybridized carbons (Fsp3) is 0.529. The van der Waals surface area contributed by atoms with Crippen molar-refractivity contribution < 1.29 is 17.4 Å². The summed E-state index contributed by atoms with van der Waals surface area (Å²) in [6.07, 6.45) is 3.34. The summed E-state index contributed by atoms with van der Waals surface area (Å²) in [5.74, 6) is 0.578. The third-order valence-corrected chi connectivity index (χ3v) is 4.74. The Morgan fingerprint density at radius 3 is 2.74 bits per heavy atom. The van der Waals surface area contributed by atoms with Gasteiger partial charge in [0.25, 0.3) is 0 Å². The van der Waals surface area contributed by atoms with Crippen LogP contribution in [-0.4, -0.2) is 43.4 Å². The van der Waals surface area contributed by atoms with Gasteiger partial charge in [-0.1, -0.05) is 12.1 Å². The number of piperidine rings is 1. The molecule has 126 valence electrons. The highest BCUT2D eigenvalue weighted by Crippen LogP contribution is 2.24. The molecular weight excluding hydrogens is 409 g/mol. The first kappa shape index (κ1) is 18.2. The number of benzene rings is 1. The molecule has 0 unspecified atom stereocenters. The maximum absolute atomic E-state index is 11.7. The van der Waals surface area contributed by atoms with Gasteiger partial charge in [-0.05, 0) is 50.9 Å². The average Bonchev–Trinajstić information content (AvgIpc) is 2.60. The molecule has 1 saturated heterocycles. The van der Waals surface area contributed by atoms with Gasteiger partial charge in [-0.3, -0.25) is 9.59 Å². The van der Waals surface area contributed by atoms with Crippen LogP contribution in [0.4, 0.5) is 0 Å². The highest BCUT2D eigenvalue weighted by molar-refractivity contribution is 14.1. The molecule has 5 nitrogen and oxygen atoms in total. The lowest BCUT2D eigenvalue weighted by Crippen LogP contribution is -2.38. The molecule has 0 saturated carbocycles. The number of rotatable bonds is 7. The molecule has 0 spiro atoms. The van der Waals surface area contributed by atoms with Gasteiger partial charge in [0.2, 0.25) is 0 Å². The number of carbonyl (C=O) groups excluding carboxylic acids is 2. The largest absolute Gasteiger partial charge is 0.466 e. The maximum Gasteiger partial charge on any atom is 0.309 e. The maximum atomic E-state index is 11.7. The van der Waals surface area contributed by atoms with Gasteiger partial charge in [-0.25, -0.2) is 0 Å². The van der Waals surface area contributed by atoms with Crippen molar-refractivity contribution in [1.29, 1.82) is 0 Å². The summed E-state index contributed by atoms with van der Waals surface area (Å²) in [5.41, 5.74) is 1.63. The van der Waals surface area contributed by atoms with Crippen molar-refractivity contribution in [3.8, 4) is 5.75 Å². The second-order valence-electron chi connectivity index (χ2n) is 5.64. The molecular formula is C17H22INO4. The third kappa shape index (κ3) is 4.91. The van der Waals surface area contributed by atoms with E-state index in [0.29, 0.717) is 17.9 Å². The van der Waals surface area contributed by atoms with Crippen molar-refractivity contribution >= 4 is 35.3 Å². The number of hydrogen-bond acceptors (Lipinski definition) is 5. The van der Waals surface area contributed by atoms with Crippen LogP contribution in [0.15, 0.2) is 18.2 Å². The lowest BCUT2D eigenvalue weighted by molar-refractivity contribution is -0.149. The predicted molar refractivity (Wildman–Crippen MR) is 96.0 cm³/mol. The minimum absolute atomic E-state index is 0.0347. The number of esters is 1. The van der Waals surface area contributed by atoms with Crippen LogP contribution in [0.2, 0.25) is 0 Å². The van der Waals surface area contributed by atoms with Crippen LogP contribution in [0, 0.1) is 5.92 Å². The Balaban J connectivity index is 1.86. The van der Waals surface area contributed by atoms with Crippen molar-refractivity contribution in [3.63, 3.8) is 0 Å². The molecule has 0 bridgehead atoms. The van der Waals surface area contributed by atoms with Crippen LogP contribution < -0.4 is 3.07 Å². The number of carbonyl (C=O) groups is 2. The molecule has 2 rings (SSSR count). The molecule has 1 aliphatic rings. The highest BCUT2D eigenvalue weighted by Gasteiger charge is 2.25. The first-order valence-electron chi connectivity index (χ1n) is 7.94. The van der Waals surface area contributed by atoms with E-state index in [1.165, 1.54) is 0 Å². The number of nitrogens with zero attached hydrogens (tertiary/aromatic N) is 1. The van der Waals surface area contributed by atoms with E-state index in [2.05, 4.69) is 4.90 Å². The number of aldehydes is 1. The standard InChI is InChI=1S/C17H22INO4/c1-2-22-17(21)14-7-10-19(11-8-14)9-6-13-4-3-5-16(23-18)15(13)12-20/h3-5,12,14H,2,6-11H2,1H3. The van der Waals surface area contributed by atoms with E-state index in [4.69, 9.17) is 7.80 Å². The van der Waals surface area contributed by atoms with Crippen molar-refractivity contribution in [1.82, 2.24) is 4.90 Å². The number of halogens is 1. The Bertz CT molecular complexity index is 541. The molecule has 0 atom stereocenters. The van der Waals surface area contributed by atoms with Crippen LogP contribution in [0.25, 0.3) is 0 Å². The molecule has 0 aliphatic carbocycles. The third-order valence-electron chi connectivity index (χ3n) is 4.26. The van der Waals surface area contributed by atoms with Gasteiger partial charge in [-0.2, -0.15) is 0 Å². The van der Waals surface area contributed by atoms with E-state index in [-0.39, 0.29) is 11.9 Å². The summed E-state index contributed by atoms with van der Waals surface area (Å²) in [6, 6.07) is 5.67. The van der Waals surface area contributed by atoms with Crippen molar-refractivity contribution in [2.45, 2.75) is 26.2 Å². The number of hydrogen-bond donors (Lipinski definition) is 0. The van der Waals surface area contributed by atoms with Gasteiger partial charge in [0.1, 0.15) is 5.75 Å². The summed E-state index contributed by atoms with van der Waals surface area (Å²) in [7, 11) is 0. The zero-order valence-electron chi connectivity index (χ0n) is 13.3. The molecule has 0 N–H and O–H groups in total. The summed E-state index contributed by atoms with van der Waals surface area (Å²) >= 11 is 1.79. The van der Waals surface area contributed by atoms with Gasteiger partial charge in [0.15, 0.2) is 29.3 Å². The van der Waals surface area contributed by atoms with Crippen molar-refractivity contribution in [2.24, 2.45) is 5.92 Å². The first-order valence-corrected chi connectivity index (χ1v) is 8.82. The smallest absolute Gasteiger partial charge is 0.309 e. The quantitative estimate of drug-likeness (QED) is 0.378. The van der Waals surface area contributed by atoms with E-state index in [9.17, 15) is 9.59 Å². The van der Waals surface area contributed by atoms with E-state index >= 15 is 0 Å². The molecule has 1 aliphatic heterocycles. The van der Waals surface area contributed by atoms with Gasteiger partial charge < -0.3 is 12.7 Å². The van der Waals surface area contributed by atoms with E-state index in [1.54, 1.807) is 29.1 Å². The van der Waals surface area contributed by atoms with Crippen LogP contribution in [0.3, 0.4) is 0 Å². The Kier molecular flexibility index (Phi) is 7.29. The second kappa shape index (κ2) is 9.22. The minimum Gasteiger partial charge on any atom is -0.466 e. The Morgan fingerprint density at radius 1 is 1.39 bits per heavy atom. The monoisotopic (exact) mass is 431 g/mol. The van der Waals surface area contributed by atoms with Gasteiger partial charge in [0, 0.05) is 6.54 Å². The lowest BCUT2D eigenvalue weighted by Gasteiger charge is -2.30. The lowest BCUT2D eigenvalue weighted by atomic mass is 9.96. The minimum atomic E-state index is -0.0673. The predicted octanol–water partition coefficient (Wildman–Crippen LogP) is 3.05. The molecule has 6 heteroatoms. The Labute approximate surface area is 151 Å².